The first kappa shape index (κ1) is 20.8. The van der Waals surface area contributed by atoms with Crippen LogP contribution in [-0.4, -0.2) is 24.4 Å². The first-order chi connectivity index (χ1) is 14.3. The van der Waals surface area contributed by atoms with Gasteiger partial charge in [0.1, 0.15) is 15.7 Å². The van der Waals surface area contributed by atoms with Crippen LogP contribution in [0.3, 0.4) is 0 Å². The SMILES string of the molecule is NC(=O)c1c(NC(=O)COC(=O)c2sc3cc(F)ccc3c2Cl)sc2c1CCCC2. The number of nitrogens with two attached hydrogens (primary N) is 1. The molecule has 0 bridgehead atoms. The molecule has 0 aliphatic heterocycles. The molecule has 0 radical (unpaired) electrons. The highest BCUT2D eigenvalue weighted by atomic mass is 35.5. The third-order valence-electron chi connectivity index (χ3n) is 4.78. The minimum Gasteiger partial charge on any atom is -0.451 e. The Hall–Kier alpha value is -2.49. The van der Waals surface area contributed by atoms with E-state index in [2.05, 4.69) is 5.32 Å². The lowest BCUT2D eigenvalue weighted by Gasteiger charge is -2.11. The number of rotatable bonds is 5. The first-order valence-electron chi connectivity index (χ1n) is 9.14. The van der Waals surface area contributed by atoms with Crippen LogP contribution in [0.4, 0.5) is 9.39 Å². The average Bonchev–Trinajstić information content (AvgIpc) is 3.23. The standard InChI is InChI=1S/C20H16ClFN2O4S2/c21-16-11-6-5-9(22)7-13(11)29-17(16)20(27)28-8-14(25)24-19-15(18(23)26)10-3-1-2-4-12(10)30-19/h5-7H,1-4,8H2,(H2,23,26)(H,24,25). The summed E-state index contributed by atoms with van der Waals surface area (Å²) in [6, 6.07) is 4.01. The molecular weight excluding hydrogens is 451 g/mol. The number of benzene rings is 1. The van der Waals surface area contributed by atoms with E-state index in [9.17, 15) is 18.8 Å². The number of amides is 2. The number of fused-ring (bicyclic) bond motifs is 2. The number of hydrogen-bond acceptors (Lipinski definition) is 6. The van der Waals surface area contributed by atoms with Gasteiger partial charge in [-0.05, 0) is 49.4 Å². The maximum absolute atomic E-state index is 13.4. The summed E-state index contributed by atoms with van der Waals surface area (Å²) in [7, 11) is 0. The van der Waals surface area contributed by atoms with Gasteiger partial charge in [-0.25, -0.2) is 9.18 Å². The zero-order valence-corrected chi connectivity index (χ0v) is 17.9. The predicted octanol–water partition coefficient (Wildman–Crippen LogP) is 4.53. The predicted molar refractivity (Wildman–Crippen MR) is 115 cm³/mol. The summed E-state index contributed by atoms with van der Waals surface area (Å²) in [6.07, 6.45) is 3.58. The second-order valence-electron chi connectivity index (χ2n) is 6.79. The number of ether oxygens (including phenoxy) is 1. The quantitative estimate of drug-likeness (QED) is 0.540. The van der Waals surface area contributed by atoms with E-state index in [1.807, 2.05) is 0 Å². The van der Waals surface area contributed by atoms with Gasteiger partial charge in [0.15, 0.2) is 6.61 Å². The Labute approximate surface area is 183 Å². The number of carbonyl (C=O) groups excluding carboxylic acids is 3. The fourth-order valence-electron chi connectivity index (χ4n) is 3.44. The number of nitrogens with one attached hydrogen (secondary N) is 1. The smallest absolute Gasteiger partial charge is 0.350 e. The van der Waals surface area contributed by atoms with Gasteiger partial charge < -0.3 is 15.8 Å². The molecule has 0 fully saturated rings. The van der Waals surface area contributed by atoms with E-state index in [1.54, 1.807) is 0 Å². The molecular formula is C20H16ClFN2O4S2. The number of anilines is 1. The number of carbonyl (C=O) groups is 3. The molecule has 3 N–H and O–H groups in total. The average molecular weight is 467 g/mol. The van der Waals surface area contributed by atoms with E-state index >= 15 is 0 Å². The van der Waals surface area contributed by atoms with Crippen LogP contribution < -0.4 is 11.1 Å². The normalized spacial score (nSPS) is 13.1. The van der Waals surface area contributed by atoms with Crippen LogP contribution in [0.1, 0.15) is 43.3 Å². The van der Waals surface area contributed by atoms with Crippen molar-refractivity contribution in [1.82, 2.24) is 0 Å². The number of primary amides is 1. The van der Waals surface area contributed by atoms with Crippen LogP contribution in [0, 0.1) is 5.82 Å². The summed E-state index contributed by atoms with van der Waals surface area (Å²) in [4.78, 5) is 37.7. The van der Waals surface area contributed by atoms with Gasteiger partial charge in [0.05, 0.1) is 10.6 Å². The van der Waals surface area contributed by atoms with E-state index in [-0.39, 0.29) is 9.90 Å². The highest BCUT2D eigenvalue weighted by Gasteiger charge is 2.25. The van der Waals surface area contributed by atoms with Gasteiger partial charge in [0, 0.05) is 15.0 Å². The Morgan fingerprint density at radius 2 is 1.97 bits per heavy atom. The zero-order valence-electron chi connectivity index (χ0n) is 15.6. The van der Waals surface area contributed by atoms with E-state index in [0.29, 0.717) is 20.7 Å². The lowest BCUT2D eigenvalue weighted by Crippen LogP contribution is -2.22. The molecule has 0 spiro atoms. The number of aryl methyl sites for hydroxylation is 1. The molecule has 0 saturated heterocycles. The Morgan fingerprint density at radius 3 is 2.73 bits per heavy atom. The fraction of sp³-hybridized carbons (Fsp3) is 0.250. The minimum atomic E-state index is -0.780. The van der Waals surface area contributed by atoms with Gasteiger partial charge in [0.2, 0.25) is 0 Å². The van der Waals surface area contributed by atoms with Crippen molar-refractivity contribution in [3.05, 3.63) is 49.9 Å². The number of halogens is 2. The Bertz CT molecular complexity index is 1190. The molecule has 1 aliphatic rings. The summed E-state index contributed by atoms with van der Waals surface area (Å²) in [5.41, 5.74) is 6.75. The summed E-state index contributed by atoms with van der Waals surface area (Å²) < 4.78 is 19.0. The van der Waals surface area contributed by atoms with Crippen molar-refractivity contribution < 1.29 is 23.5 Å². The highest BCUT2D eigenvalue weighted by Crippen LogP contribution is 2.38. The van der Waals surface area contributed by atoms with Gasteiger partial charge in [-0.1, -0.05) is 11.6 Å². The van der Waals surface area contributed by atoms with Gasteiger partial charge in [-0.15, -0.1) is 22.7 Å². The van der Waals surface area contributed by atoms with Crippen molar-refractivity contribution in [2.24, 2.45) is 5.73 Å². The molecule has 10 heteroatoms. The molecule has 0 saturated carbocycles. The van der Waals surface area contributed by atoms with Gasteiger partial charge >= 0.3 is 5.97 Å². The van der Waals surface area contributed by atoms with Gasteiger partial charge in [0.25, 0.3) is 11.8 Å². The molecule has 0 atom stereocenters. The molecule has 1 aliphatic carbocycles. The van der Waals surface area contributed by atoms with Crippen LogP contribution in [0.5, 0.6) is 0 Å². The largest absolute Gasteiger partial charge is 0.451 e. The Morgan fingerprint density at radius 1 is 1.20 bits per heavy atom. The Kier molecular flexibility index (Phi) is 5.77. The topological polar surface area (TPSA) is 98.5 Å². The summed E-state index contributed by atoms with van der Waals surface area (Å²) in [5, 5.41) is 3.70. The summed E-state index contributed by atoms with van der Waals surface area (Å²) in [5.74, 6) is -2.40. The van der Waals surface area contributed by atoms with Gasteiger partial charge in [-0.2, -0.15) is 0 Å². The van der Waals surface area contributed by atoms with E-state index in [1.165, 1.54) is 29.5 Å². The van der Waals surface area contributed by atoms with Crippen LogP contribution in [-0.2, 0) is 22.4 Å². The number of esters is 1. The number of hydrogen-bond donors (Lipinski definition) is 2. The molecule has 6 nitrogen and oxygen atoms in total. The number of thiophene rings is 2. The molecule has 3 aromatic rings. The van der Waals surface area contributed by atoms with E-state index < -0.39 is 30.2 Å². The Balaban J connectivity index is 1.46. The van der Waals surface area contributed by atoms with Gasteiger partial charge in [-0.3, -0.25) is 9.59 Å². The van der Waals surface area contributed by atoms with Crippen molar-refractivity contribution in [3.63, 3.8) is 0 Å². The molecule has 30 heavy (non-hydrogen) atoms. The molecule has 1 aromatic carbocycles. The van der Waals surface area contributed by atoms with E-state index in [4.69, 9.17) is 22.1 Å². The molecule has 0 unspecified atom stereocenters. The molecule has 156 valence electrons. The first-order valence-corrected chi connectivity index (χ1v) is 11.1. The molecule has 2 aromatic heterocycles. The molecule has 4 rings (SSSR count). The van der Waals surface area contributed by atoms with Crippen molar-refractivity contribution >= 4 is 67.1 Å². The van der Waals surface area contributed by atoms with Crippen molar-refractivity contribution in [3.8, 4) is 0 Å². The summed E-state index contributed by atoms with van der Waals surface area (Å²) in [6.45, 7) is -0.557. The monoisotopic (exact) mass is 466 g/mol. The maximum Gasteiger partial charge on any atom is 0.350 e. The molecule has 2 heterocycles. The third kappa shape index (κ3) is 3.92. The lowest BCUT2D eigenvalue weighted by molar-refractivity contribution is -0.119. The maximum atomic E-state index is 13.4. The second kappa shape index (κ2) is 8.33. The summed E-state index contributed by atoms with van der Waals surface area (Å²) >= 11 is 8.52. The van der Waals surface area contributed by atoms with Crippen LogP contribution >= 0.6 is 34.3 Å². The fourth-order valence-corrected chi connectivity index (χ4v) is 6.18. The highest BCUT2D eigenvalue weighted by molar-refractivity contribution is 7.21. The molecule has 2 amide bonds. The lowest BCUT2D eigenvalue weighted by atomic mass is 9.95. The van der Waals surface area contributed by atoms with Crippen molar-refractivity contribution in [1.29, 1.82) is 0 Å². The third-order valence-corrected chi connectivity index (χ3v) is 7.63. The van der Waals surface area contributed by atoms with Crippen molar-refractivity contribution in [2.45, 2.75) is 25.7 Å². The van der Waals surface area contributed by atoms with Crippen LogP contribution in [0.25, 0.3) is 10.1 Å². The van der Waals surface area contributed by atoms with E-state index in [0.717, 1.165) is 47.5 Å². The van der Waals surface area contributed by atoms with Crippen LogP contribution in [0.2, 0.25) is 5.02 Å². The second-order valence-corrected chi connectivity index (χ2v) is 9.32. The zero-order chi connectivity index (χ0) is 21.4. The van der Waals surface area contributed by atoms with Crippen LogP contribution in [0.15, 0.2) is 18.2 Å². The van der Waals surface area contributed by atoms with Crippen molar-refractivity contribution in [2.75, 3.05) is 11.9 Å². The minimum absolute atomic E-state index is 0.0921.